The quantitative estimate of drug-likeness (QED) is 0.609. The summed E-state index contributed by atoms with van der Waals surface area (Å²) in [6.45, 7) is 2.13. The second kappa shape index (κ2) is 7.77. The fraction of sp³-hybridized carbons (Fsp3) is 0.412. The minimum absolute atomic E-state index is 0.0398. The third-order valence-electron chi connectivity index (χ3n) is 4.45. The zero-order valence-corrected chi connectivity index (χ0v) is 15.7. The SMILES string of the molecule is Cc1cc(CNS(=O)(=O)c2ccc3c(c2)CCN(C(=O)[C@@H](N)CO)C3)no1. The third kappa shape index (κ3) is 4.35. The first kappa shape index (κ1) is 19.5. The molecule has 9 nitrogen and oxygen atoms in total. The number of carbonyl (C=O) groups excluding carboxylic acids is 1. The molecule has 0 saturated heterocycles. The molecule has 0 saturated carbocycles. The van der Waals surface area contributed by atoms with Gasteiger partial charge in [0.1, 0.15) is 11.8 Å². The lowest BCUT2D eigenvalue weighted by atomic mass is 9.99. The number of nitrogens with one attached hydrogen (secondary N) is 1. The fourth-order valence-electron chi connectivity index (χ4n) is 2.95. The molecule has 0 bridgehead atoms. The molecule has 0 radical (unpaired) electrons. The van der Waals surface area contributed by atoms with Gasteiger partial charge in [0.05, 0.1) is 23.7 Å². The summed E-state index contributed by atoms with van der Waals surface area (Å²) in [7, 11) is -3.70. The van der Waals surface area contributed by atoms with Crippen molar-refractivity contribution in [3.8, 4) is 0 Å². The van der Waals surface area contributed by atoms with Gasteiger partial charge in [0, 0.05) is 19.2 Å². The number of rotatable bonds is 6. The van der Waals surface area contributed by atoms with E-state index < -0.39 is 22.7 Å². The summed E-state index contributed by atoms with van der Waals surface area (Å²) < 4.78 is 32.5. The van der Waals surface area contributed by atoms with E-state index in [0.717, 1.165) is 11.1 Å². The molecule has 0 spiro atoms. The minimum Gasteiger partial charge on any atom is -0.394 e. The standard InChI is InChI=1S/C17H22N4O5S/c1-11-6-14(20-26-11)8-19-27(24,25)15-3-2-13-9-21(5-4-12(13)7-15)17(23)16(18)10-22/h2-3,6-7,16,19,22H,4-5,8-10,18H2,1H3/t16-/m0/s1. The van der Waals surface area contributed by atoms with E-state index >= 15 is 0 Å². The van der Waals surface area contributed by atoms with E-state index in [-0.39, 0.29) is 17.3 Å². The van der Waals surface area contributed by atoms with Crippen molar-refractivity contribution in [2.75, 3.05) is 13.2 Å². The van der Waals surface area contributed by atoms with Gasteiger partial charge >= 0.3 is 0 Å². The van der Waals surface area contributed by atoms with Crippen molar-refractivity contribution in [3.05, 3.63) is 46.8 Å². The van der Waals surface area contributed by atoms with Gasteiger partial charge in [0.25, 0.3) is 0 Å². The van der Waals surface area contributed by atoms with Crippen molar-refractivity contribution in [2.24, 2.45) is 5.73 Å². The molecule has 4 N–H and O–H groups in total. The van der Waals surface area contributed by atoms with Gasteiger partial charge in [-0.1, -0.05) is 11.2 Å². The second-order valence-corrected chi connectivity index (χ2v) is 8.25. The molecule has 0 unspecified atom stereocenters. The molecule has 0 aliphatic carbocycles. The van der Waals surface area contributed by atoms with Crippen LogP contribution in [0.2, 0.25) is 0 Å². The van der Waals surface area contributed by atoms with Gasteiger partial charge in [0.15, 0.2) is 0 Å². The highest BCUT2D eigenvalue weighted by atomic mass is 32.2. The Bertz CT molecular complexity index is 941. The molecule has 3 rings (SSSR count). The maximum Gasteiger partial charge on any atom is 0.242 e. The lowest BCUT2D eigenvalue weighted by Gasteiger charge is -2.30. The lowest BCUT2D eigenvalue weighted by Crippen LogP contribution is -2.47. The minimum atomic E-state index is -3.70. The zero-order chi connectivity index (χ0) is 19.6. The van der Waals surface area contributed by atoms with Crippen LogP contribution in [0.1, 0.15) is 22.6 Å². The number of aryl methyl sites for hydroxylation is 1. The van der Waals surface area contributed by atoms with E-state index in [1.807, 2.05) is 0 Å². The Hall–Kier alpha value is -2.27. The molecule has 1 aliphatic rings. The third-order valence-corrected chi connectivity index (χ3v) is 5.84. The van der Waals surface area contributed by atoms with Crippen LogP contribution in [0.25, 0.3) is 0 Å². The normalized spacial score (nSPS) is 15.4. The van der Waals surface area contributed by atoms with Crippen molar-refractivity contribution >= 4 is 15.9 Å². The van der Waals surface area contributed by atoms with Crippen LogP contribution in [-0.2, 0) is 34.3 Å². The Morgan fingerprint density at radius 1 is 1.41 bits per heavy atom. The van der Waals surface area contributed by atoms with Gasteiger partial charge in [-0.3, -0.25) is 4.79 Å². The number of nitrogens with zero attached hydrogens (tertiary/aromatic N) is 2. The number of nitrogens with two attached hydrogens (primary N) is 1. The van der Waals surface area contributed by atoms with E-state index in [2.05, 4.69) is 9.88 Å². The number of aliphatic hydroxyl groups is 1. The summed E-state index contributed by atoms with van der Waals surface area (Å²) >= 11 is 0. The summed E-state index contributed by atoms with van der Waals surface area (Å²) in [6.07, 6.45) is 0.519. The van der Waals surface area contributed by atoms with Crippen molar-refractivity contribution in [2.45, 2.75) is 37.4 Å². The molecule has 1 aliphatic heterocycles. The highest BCUT2D eigenvalue weighted by molar-refractivity contribution is 7.89. The predicted molar refractivity (Wildman–Crippen MR) is 95.9 cm³/mol. The summed E-state index contributed by atoms with van der Waals surface area (Å²) in [4.78, 5) is 13.8. The maximum atomic E-state index is 12.5. The lowest BCUT2D eigenvalue weighted by molar-refractivity contribution is -0.134. The molecule has 146 valence electrons. The van der Waals surface area contributed by atoms with Gasteiger partial charge in [-0.25, -0.2) is 13.1 Å². The van der Waals surface area contributed by atoms with Gasteiger partial charge in [-0.2, -0.15) is 0 Å². The van der Waals surface area contributed by atoms with E-state index in [0.29, 0.717) is 31.0 Å². The van der Waals surface area contributed by atoms with Crippen LogP contribution in [-0.4, -0.2) is 48.7 Å². The molecular formula is C17H22N4O5S. The Morgan fingerprint density at radius 2 is 2.19 bits per heavy atom. The number of amides is 1. The van der Waals surface area contributed by atoms with E-state index in [9.17, 15) is 13.2 Å². The number of aliphatic hydroxyl groups excluding tert-OH is 1. The van der Waals surface area contributed by atoms with Crippen LogP contribution in [0, 0.1) is 6.92 Å². The smallest absolute Gasteiger partial charge is 0.242 e. The van der Waals surface area contributed by atoms with Crippen LogP contribution in [0.3, 0.4) is 0 Å². The summed E-state index contributed by atoms with van der Waals surface area (Å²) in [6, 6.07) is 5.57. The molecule has 10 heteroatoms. The number of hydrogen-bond acceptors (Lipinski definition) is 7. The first-order valence-electron chi connectivity index (χ1n) is 8.49. The molecule has 1 aromatic carbocycles. The van der Waals surface area contributed by atoms with Crippen molar-refractivity contribution < 1.29 is 22.8 Å². The van der Waals surface area contributed by atoms with Crippen molar-refractivity contribution in [1.82, 2.24) is 14.8 Å². The van der Waals surface area contributed by atoms with Crippen LogP contribution in [0.5, 0.6) is 0 Å². The molecule has 27 heavy (non-hydrogen) atoms. The summed E-state index contributed by atoms with van der Waals surface area (Å²) in [5.74, 6) is 0.294. The second-order valence-electron chi connectivity index (χ2n) is 6.48. The van der Waals surface area contributed by atoms with Gasteiger partial charge in [0.2, 0.25) is 15.9 Å². The molecule has 1 aromatic heterocycles. The molecule has 0 fully saturated rings. The number of hydrogen-bond donors (Lipinski definition) is 3. The fourth-order valence-corrected chi connectivity index (χ4v) is 4.00. The zero-order valence-electron chi connectivity index (χ0n) is 14.9. The number of aromatic nitrogens is 1. The molecule has 1 amide bonds. The Balaban J connectivity index is 1.72. The number of carbonyl (C=O) groups is 1. The predicted octanol–water partition coefficient (Wildman–Crippen LogP) is -0.334. The summed E-state index contributed by atoms with van der Waals surface area (Å²) in [5, 5.41) is 12.8. The van der Waals surface area contributed by atoms with E-state index in [1.54, 1.807) is 30.0 Å². The van der Waals surface area contributed by atoms with Crippen LogP contribution < -0.4 is 10.5 Å². The monoisotopic (exact) mass is 394 g/mol. The molecule has 1 atom stereocenters. The molecule has 2 heterocycles. The molecule has 2 aromatic rings. The molecular weight excluding hydrogens is 372 g/mol. The van der Waals surface area contributed by atoms with E-state index in [1.165, 1.54) is 6.07 Å². The largest absolute Gasteiger partial charge is 0.394 e. The first-order valence-corrected chi connectivity index (χ1v) is 9.97. The highest BCUT2D eigenvalue weighted by Gasteiger charge is 2.26. The Morgan fingerprint density at radius 3 is 2.85 bits per heavy atom. The van der Waals surface area contributed by atoms with Crippen LogP contribution in [0.4, 0.5) is 0 Å². The average molecular weight is 394 g/mol. The topological polar surface area (TPSA) is 139 Å². The first-order chi connectivity index (χ1) is 12.8. The van der Waals surface area contributed by atoms with Crippen molar-refractivity contribution in [3.63, 3.8) is 0 Å². The van der Waals surface area contributed by atoms with Gasteiger partial charge < -0.3 is 20.3 Å². The van der Waals surface area contributed by atoms with Gasteiger partial charge in [-0.05, 0) is 36.6 Å². The van der Waals surface area contributed by atoms with E-state index in [4.69, 9.17) is 15.4 Å². The maximum absolute atomic E-state index is 12.5. The highest BCUT2D eigenvalue weighted by Crippen LogP contribution is 2.23. The van der Waals surface area contributed by atoms with Crippen molar-refractivity contribution in [1.29, 1.82) is 0 Å². The number of fused-ring (bicyclic) bond motifs is 1. The number of benzene rings is 1. The Labute approximate surface area is 157 Å². The average Bonchev–Trinajstić information content (AvgIpc) is 3.09. The van der Waals surface area contributed by atoms with Gasteiger partial charge in [-0.15, -0.1) is 0 Å². The van der Waals surface area contributed by atoms with Crippen LogP contribution >= 0.6 is 0 Å². The van der Waals surface area contributed by atoms with Crippen LogP contribution in [0.15, 0.2) is 33.7 Å². The summed E-state index contributed by atoms with van der Waals surface area (Å²) in [5.41, 5.74) is 7.83. The number of sulfonamides is 1. The Kier molecular flexibility index (Phi) is 5.61.